The fourth-order valence-electron chi connectivity index (χ4n) is 2.03. The van der Waals surface area contributed by atoms with Gasteiger partial charge in [0.05, 0.1) is 4.88 Å². The third-order valence-electron chi connectivity index (χ3n) is 3.10. The summed E-state index contributed by atoms with van der Waals surface area (Å²) in [6.07, 6.45) is 0.894. The molecule has 0 saturated heterocycles. The highest BCUT2D eigenvalue weighted by molar-refractivity contribution is 7.13. The van der Waals surface area contributed by atoms with E-state index in [0.717, 1.165) is 11.3 Å². The van der Waals surface area contributed by atoms with Crippen LogP contribution in [0.4, 0.5) is 0 Å². The molecule has 0 radical (unpaired) electrons. The molecule has 3 aromatic rings. The molecule has 3 heterocycles. The van der Waals surface area contributed by atoms with Crippen LogP contribution in [0.3, 0.4) is 0 Å². The van der Waals surface area contributed by atoms with Crippen molar-refractivity contribution in [1.82, 2.24) is 19.5 Å². The highest BCUT2D eigenvalue weighted by Crippen LogP contribution is 2.28. The summed E-state index contributed by atoms with van der Waals surface area (Å²) in [6.45, 7) is 2.07. The fourth-order valence-corrected chi connectivity index (χ4v) is 2.97. The van der Waals surface area contributed by atoms with E-state index in [0.29, 0.717) is 17.0 Å². The number of hydrogen-bond acceptors (Lipinski definition) is 4. The molecule has 3 aromatic heterocycles. The van der Waals surface area contributed by atoms with Gasteiger partial charge in [-0.3, -0.25) is 14.3 Å². The monoisotopic (exact) mass is 276 g/mol. The van der Waals surface area contributed by atoms with Crippen LogP contribution in [0.15, 0.2) is 21.0 Å². The third kappa shape index (κ3) is 1.74. The summed E-state index contributed by atoms with van der Waals surface area (Å²) in [5.74, 6) is 0.633. The standard InChI is InChI=1S/C12H12N4O2S/c1-3-6-4-5-19-8(6)9-13-7-10(14-9)16(2)12(18)15-11(7)17/h4-5H,3H2,1-2H3,(H,13,14)(H,15,17,18). The summed E-state index contributed by atoms with van der Waals surface area (Å²) >= 11 is 1.56. The van der Waals surface area contributed by atoms with Gasteiger partial charge in [-0.25, -0.2) is 9.78 Å². The molecule has 0 saturated carbocycles. The van der Waals surface area contributed by atoms with Crippen molar-refractivity contribution in [2.75, 3.05) is 0 Å². The number of aromatic amines is 2. The average Bonchev–Trinajstić information content (AvgIpc) is 3.01. The van der Waals surface area contributed by atoms with E-state index >= 15 is 0 Å². The Bertz CT molecular complexity index is 868. The molecule has 6 nitrogen and oxygen atoms in total. The first-order valence-electron chi connectivity index (χ1n) is 5.87. The van der Waals surface area contributed by atoms with Gasteiger partial charge in [0.15, 0.2) is 11.5 Å². The summed E-state index contributed by atoms with van der Waals surface area (Å²) in [5, 5.41) is 1.99. The Balaban J connectivity index is 2.34. The molecule has 0 fully saturated rings. The molecule has 19 heavy (non-hydrogen) atoms. The number of nitrogens with one attached hydrogen (secondary N) is 2. The van der Waals surface area contributed by atoms with Crippen LogP contribution >= 0.6 is 11.3 Å². The van der Waals surface area contributed by atoms with E-state index in [9.17, 15) is 9.59 Å². The molecule has 0 aliphatic rings. The van der Waals surface area contributed by atoms with E-state index in [1.165, 1.54) is 10.1 Å². The maximum absolute atomic E-state index is 11.8. The Labute approximate surface area is 111 Å². The van der Waals surface area contributed by atoms with Crippen LogP contribution in [0.2, 0.25) is 0 Å². The van der Waals surface area contributed by atoms with Gasteiger partial charge in [0.25, 0.3) is 5.56 Å². The molecule has 98 valence electrons. The quantitative estimate of drug-likeness (QED) is 0.738. The first-order valence-corrected chi connectivity index (χ1v) is 6.75. The SMILES string of the molecule is CCc1ccsc1-c1nc2c([nH]1)c(=O)[nH]c(=O)n2C. The smallest absolute Gasteiger partial charge is 0.329 e. The minimum absolute atomic E-state index is 0.326. The van der Waals surface area contributed by atoms with Crippen molar-refractivity contribution in [2.24, 2.45) is 7.05 Å². The number of H-pyrrole nitrogens is 2. The van der Waals surface area contributed by atoms with Crippen LogP contribution in [-0.2, 0) is 13.5 Å². The second-order valence-corrected chi connectivity index (χ2v) is 5.15. The van der Waals surface area contributed by atoms with Gasteiger partial charge in [-0.2, -0.15) is 0 Å². The maximum Gasteiger partial charge on any atom is 0.329 e. The van der Waals surface area contributed by atoms with E-state index in [1.54, 1.807) is 18.4 Å². The van der Waals surface area contributed by atoms with Gasteiger partial charge in [0, 0.05) is 7.05 Å². The van der Waals surface area contributed by atoms with Crippen LogP contribution in [0.25, 0.3) is 21.9 Å². The normalized spacial score (nSPS) is 11.3. The number of aryl methyl sites for hydroxylation is 2. The molecule has 0 aromatic carbocycles. The number of thiophene rings is 1. The summed E-state index contributed by atoms with van der Waals surface area (Å²) < 4.78 is 1.33. The first kappa shape index (κ1) is 11.9. The lowest BCUT2D eigenvalue weighted by molar-refractivity contribution is 0.832. The van der Waals surface area contributed by atoms with E-state index in [1.807, 2.05) is 11.4 Å². The summed E-state index contributed by atoms with van der Waals surface area (Å²) in [5.41, 5.74) is 0.973. The van der Waals surface area contributed by atoms with Gasteiger partial charge in [0.1, 0.15) is 5.52 Å². The molecule has 2 N–H and O–H groups in total. The first-order chi connectivity index (χ1) is 9.11. The minimum Gasteiger partial charge on any atom is -0.331 e. The summed E-state index contributed by atoms with van der Waals surface area (Å²) in [6, 6.07) is 2.04. The average molecular weight is 276 g/mol. The van der Waals surface area contributed by atoms with Crippen LogP contribution in [0.1, 0.15) is 12.5 Å². The van der Waals surface area contributed by atoms with Gasteiger partial charge in [-0.15, -0.1) is 11.3 Å². The zero-order chi connectivity index (χ0) is 13.6. The molecule has 0 aliphatic carbocycles. The molecule has 0 aliphatic heterocycles. The van der Waals surface area contributed by atoms with Crippen molar-refractivity contribution in [3.05, 3.63) is 37.8 Å². The number of hydrogen-bond donors (Lipinski definition) is 2. The topological polar surface area (TPSA) is 83.5 Å². The zero-order valence-corrected chi connectivity index (χ0v) is 11.3. The largest absolute Gasteiger partial charge is 0.331 e. The zero-order valence-electron chi connectivity index (χ0n) is 10.5. The summed E-state index contributed by atoms with van der Waals surface area (Å²) in [4.78, 5) is 33.9. The predicted octanol–water partition coefficient (Wildman–Crippen LogP) is 1.24. The van der Waals surface area contributed by atoms with E-state index in [2.05, 4.69) is 21.9 Å². The van der Waals surface area contributed by atoms with Crippen molar-refractivity contribution >= 4 is 22.5 Å². The van der Waals surface area contributed by atoms with Crippen LogP contribution < -0.4 is 11.2 Å². The molecule has 0 spiro atoms. The van der Waals surface area contributed by atoms with Crippen LogP contribution in [0.5, 0.6) is 0 Å². The van der Waals surface area contributed by atoms with Crippen molar-refractivity contribution in [2.45, 2.75) is 13.3 Å². The fraction of sp³-hybridized carbons (Fsp3) is 0.250. The molecule has 3 rings (SSSR count). The molecule has 7 heteroatoms. The van der Waals surface area contributed by atoms with E-state index in [4.69, 9.17) is 0 Å². The number of fused-ring (bicyclic) bond motifs is 1. The Morgan fingerprint density at radius 1 is 1.37 bits per heavy atom. The molecule has 0 unspecified atom stereocenters. The highest BCUT2D eigenvalue weighted by atomic mass is 32.1. The molecule has 0 atom stereocenters. The lowest BCUT2D eigenvalue weighted by Gasteiger charge is -1.95. The van der Waals surface area contributed by atoms with Crippen molar-refractivity contribution in [3.8, 4) is 10.7 Å². The second-order valence-electron chi connectivity index (χ2n) is 4.23. The van der Waals surface area contributed by atoms with Crippen molar-refractivity contribution in [3.63, 3.8) is 0 Å². The van der Waals surface area contributed by atoms with Gasteiger partial charge in [-0.05, 0) is 23.4 Å². The second kappa shape index (κ2) is 4.20. The third-order valence-corrected chi connectivity index (χ3v) is 4.06. The lowest BCUT2D eigenvalue weighted by Crippen LogP contribution is -2.28. The van der Waals surface area contributed by atoms with E-state index < -0.39 is 11.2 Å². The van der Waals surface area contributed by atoms with Gasteiger partial charge in [-0.1, -0.05) is 6.92 Å². The molecule has 0 bridgehead atoms. The lowest BCUT2D eigenvalue weighted by atomic mass is 10.2. The Morgan fingerprint density at radius 3 is 2.89 bits per heavy atom. The number of nitrogens with zero attached hydrogens (tertiary/aromatic N) is 2. The Morgan fingerprint density at radius 2 is 2.16 bits per heavy atom. The number of rotatable bonds is 2. The Kier molecular flexibility index (Phi) is 2.63. The number of imidazole rings is 1. The predicted molar refractivity (Wildman–Crippen MR) is 74.6 cm³/mol. The molecular formula is C12H12N4O2S. The summed E-state index contributed by atoms with van der Waals surface area (Å²) in [7, 11) is 1.58. The van der Waals surface area contributed by atoms with Gasteiger partial charge < -0.3 is 4.98 Å². The maximum atomic E-state index is 11.8. The highest BCUT2D eigenvalue weighted by Gasteiger charge is 2.14. The van der Waals surface area contributed by atoms with Crippen molar-refractivity contribution < 1.29 is 0 Å². The Hall–Kier alpha value is -2.15. The number of aromatic nitrogens is 4. The van der Waals surface area contributed by atoms with Crippen LogP contribution in [0, 0.1) is 0 Å². The molecule has 0 amide bonds. The minimum atomic E-state index is -0.461. The van der Waals surface area contributed by atoms with Gasteiger partial charge in [0.2, 0.25) is 0 Å². The van der Waals surface area contributed by atoms with Crippen molar-refractivity contribution in [1.29, 1.82) is 0 Å². The van der Waals surface area contributed by atoms with Gasteiger partial charge >= 0.3 is 5.69 Å². The molecular weight excluding hydrogens is 264 g/mol. The van der Waals surface area contributed by atoms with E-state index in [-0.39, 0.29) is 0 Å². The van der Waals surface area contributed by atoms with Crippen LogP contribution in [-0.4, -0.2) is 19.5 Å².